The number of thiophene rings is 1. The minimum absolute atomic E-state index is 0.676. The van der Waals surface area contributed by atoms with Gasteiger partial charge in [0.2, 0.25) is 0 Å². The van der Waals surface area contributed by atoms with Crippen molar-refractivity contribution in [2.24, 2.45) is 0 Å². The Morgan fingerprint density at radius 2 is 2.12 bits per heavy atom. The van der Waals surface area contributed by atoms with Crippen LogP contribution < -0.4 is 10.5 Å². The van der Waals surface area contributed by atoms with Gasteiger partial charge in [-0.05, 0) is 30.0 Å². The van der Waals surface area contributed by atoms with E-state index in [9.17, 15) is 0 Å². The van der Waals surface area contributed by atoms with Crippen LogP contribution in [-0.2, 0) is 6.42 Å². The van der Waals surface area contributed by atoms with Gasteiger partial charge >= 0.3 is 0 Å². The molecule has 1 heterocycles. The number of hydrogen-bond donors (Lipinski definition) is 1. The number of anilines is 1. The molecule has 1 aromatic heterocycles. The Labute approximate surface area is 99.7 Å². The maximum atomic E-state index is 5.86. The Kier molecular flexibility index (Phi) is 3.47. The quantitative estimate of drug-likeness (QED) is 0.823. The van der Waals surface area contributed by atoms with Crippen molar-refractivity contribution in [3.05, 3.63) is 46.2 Å². The van der Waals surface area contributed by atoms with Crippen LogP contribution in [0.25, 0.3) is 0 Å². The highest BCUT2D eigenvalue weighted by atomic mass is 32.1. The Morgan fingerprint density at radius 3 is 2.81 bits per heavy atom. The largest absolute Gasteiger partial charge is 0.491 e. The van der Waals surface area contributed by atoms with Gasteiger partial charge in [0.05, 0.1) is 12.3 Å². The molecule has 2 rings (SSSR count). The SMILES string of the molecule is Cc1cccc(N)c1OCCc1cccs1. The molecule has 0 aliphatic carbocycles. The fourth-order valence-electron chi connectivity index (χ4n) is 1.58. The van der Waals surface area contributed by atoms with E-state index in [1.54, 1.807) is 11.3 Å². The van der Waals surface area contributed by atoms with Crippen molar-refractivity contribution in [2.75, 3.05) is 12.3 Å². The van der Waals surface area contributed by atoms with Crippen LogP contribution in [0.3, 0.4) is 0 Å². The molecule has 84 valence electrons. The Bertz CT molecular complexity index is 431. The Balaban J connectivity index is 1.95. The first kappa shape index (κ1) is 11.0. The lowest BCUT2D eigenvalue weighted by Crippen LogP contribution is -2.03. The van der Waals surface area contributed by atoms with Crippen molar-refractivity contribution < 1.29 is 4.74 Å². The number of hydrogen-bond acceptors (Lipinski definition) is 3. The summed E-state index contributed by atoms with van der Waals surface area (Å²) < 4.78 is 5.72. The molecular weight excluding hydrogens is 218 g/mol. The second-order valence-electron chi connectivity index (χ2n) is 3.67. The van der Waals surface area contributed by atoms with Crippen molar-refractivity contribution in [1.29, 1.82) is 0 Å². The third-order valence-corrected chi connectivity index (χ3v) is 3.35. The van der Waals surface area contributed by atoms with Crippen LogP contribution in [0.15, 0.2) is 35.7 Å². The lowest BCUT2D eigenvalue weighted by Gasteiger charge is -2.10. The van der Waals surface area contributed by atoms with Crippen LogP contribution >= 0.6 is 11.3 Å². The second kappa shape index (κ2) is 5.03. The molecule has 0 aliphatic heterocycles. The van der Waals surface area contributed by atoms with Crippen LogP contribution in [-0.4, -0.2) is 6.61 Å². The van der Waals surface area contributed by atoms with E-state index >= 15 is 0 Å². The van der Waals surface area contributed by atoms with Crippen LogP contribution in [0.5, 0.6) is 5.75 Å². The van der Waals surface area contributed by atoms with Crippen LogP contribution in [0.4, 0.5) is 5.69 Å². The number of rotatable bonds is 4. The summed E-state index contributed by atoms with van der Waals surface area (Å²) in [5.74, 6) is 0.819. The maximum absolute atomic E-state index is 5.86. The number of para-hydroxylation sites is 1. The zero-order valence-corrected chi connectivity index (χ0v) is 10.1. The van der Waals surface area contributed by atoms with Gasteiger partial charge in [-0.15, -0.1) is 11.3 Å². The molecule has 0 fully saturated rings. The summed E-state index contributed by atoms with van der Waals surface area (Å²) in [6.07, 6.45) is 0.936. The van der Waals surface area contributed by atoms with Gasteiger partial charge in [-0.2, -0.15) is 0 Å². The molecule has 0 spiro atoms. The Hall–Kier alpha value is -1.48. The molecule has 0 bridgehead atoms. The van der Waals surface area contributed by atoms with Gasteiger partial charge in [0.15, 0.2) is 0 Å². The average Bonchev–Trinajstić information content (AvgIpc) is 2.75. The molecule has 2 nitrogen and oxygen atoms in total. The smallest absolute Gasteiger partial charge is 0.145 e. The van der Waals surface area contributed by atoms with E-state index in [1.807, 2.05) is 25.1 Å². The van der Waals surface area contributed by atoms with Gasteiger partial charge in [0.25, 0.3) is 0 Å². The van der Waals surface area contributed by atoms with Gasteiger partial charge in [0, 0.05) is 11.3 Å². The first-order valence-corrected chi connectivity index (χ1v) is 6.15. The van der Waals surface area contributed by atoms with Gasteiger partial charge in [-0.3, -0.25) is 0 Å². The molecule has 2 aromatic rings. The molecule has 0 saturated carbocycles. The predicted molar refractivity (Wildman–Crippen MR) is 69.1 cm³/mol. The van der Waals surface area contributed by atoms with Crippen LogP contribution in [0.2, 0.25) is 0 Å². The summed E-state index contributed by atoms with van der Waals surface area (Å²) in [5, 5.41) is 2.08. The molecule has 0 aliphatic rings. The molecule has 3 heteroatoms. The number of ether oxygens (including phenoxy) is 1. The van der Waals surface area contributed by atoms with Crippen molar-refractivity contribution in [2.45, 2.75) is 13.3 Å². The van der Waals surface area contributed by atoms with E-state index in [0.29, 0.717) is 12.3 Å². The summed E-state index contributed by atoms with van der Waals surface area (Å²) in [5.41, 5.74) is 7.66. The Morgan fingerprint density at radius 1 is 1.25 bits per heavy atom. The third kappa shape index (κ3) is 2.55. The van der Waals surface area contributed by atoms with Gasteiger partial charge in [-0.1, -0.05) is 18.2 Å². The molecule has 2 N–H and O–H groups in total. The highest BCUT2D eigenvalue weighted by Crippen LogP contribution is 2.25. The van der Waals surface area contributed by atoms with Gasteiger partial charge in [-0.25, -0.2) is 0 Å². The molecule has 1 aromatic carbocycles. The third-order valence-electron chi connectivity index (χ3n) is 2.42. The molecular formula is C13H15NOS. The number of benzene rings is 1. The summed E-state index contributed by atoms with van der Waals surface area (Å²) in [6, 6.07) is 10.00. The predicted octanol–water partition coefficient (Wildman–Crippen LogP) is 3.26. The lowest BCUT2D eigenvalue weighted by atomic mass is 10.2. The first-order chi connectivity index (χ1) is 7.77. The fraction of sp³-hybridized carbons (Fsp3) is 0.231. The minimum Gasteiger partial charge on any atom is -0.491 e. The molecule has 16 heavy (non-hydrogen) atoms. The zero-order chi connectivity index (χ0) is 11.4. The number of nitrogen functional groups attached to an aromatic ring is 1. The zero-order valence-electron chi connectivity index (χ0n) is 9.27. The maximum Gasteiger partial charge on any atom is 0.145 e. The lowest BCUT2D eigenvalue weighted by molar-refractivity contribution is 0.322. The normalized spacial score (nSPS) is 10.3. The molecule has 0 atom stereocenters. The van der Waals surface area contributed by atoms with E-state index in [1.165, 1.54) is 4.88 Å². The second-order valence-corrected chi connectivity index (χ2v) is 4.70. The van der Waals surface area contributed by atoms with E-state index in [2.05, 4.69) is 17.5 Å². The van der Waals surface area contributed by atoms with E-state index in [4.69, 9.17) is 10.5 Å². The van der Waals surface area contributed by atoms with Gasteiger partial charge < -0.3 is 10.5 Å². The van der Waals surface area contributed by atoms with Crippen LogP contribution in [0, 0.1) is 6.92 Å². The van der Waals surface area contributed by atoms with Crippen molar-refractivity contribution in [3.63, 3.8) is 0 Å². The number of nitrogens with two attached hydrogens (primary N) is 1. The van der Waals surface area contributed by atoms with E-state index in [0.717, 1.165) is 17.7 Å². The molecule has 0 radical (unpaired) electrons. The van der Waals surface area contributed by atoms with Crippen molar-refractivity contribution in [1.82, 2.24) is 0 Å². The van der Waals surface area contributed by atoms with Crippen molar-refractivity contribution in [3.8, 4) is 5.75 Å². The minimum atomic E-state index is 0.676. The summed E-state index contributed by atoms with van der Waals surface area (Å²) in [7, 11) is 0. The molecule has 0 unspecified atom stereocenters. The monoisotopic (exact) mass is 233 g/mol. The fourth-order valence-corrected chi connectivity index (χ4v) is 2.27. The number of aryl methyl sites for hydroxylation is 1. The van der Waals surface area contributed by atoms with E-state index in [-0.39, 0.29) is 0 Å². The summed E-state index contributed by atoms with van der Waals surface area (Å²) in [6.45, 7) is 2.69. The molecule has 0 amide bonds. The topological polar surface area (TPSA) is 35.2 Å². The van der Waals surface area contributed by atoms with E-state index < -0.39 is 0 Å². The first-order valence-electron chi connectivity index (χ1n) is 5.27. The highest BCUT2D eigenvalue weighted by Gasteiger charge is 2.03. The molecule has 0 saturated heterocycles. The summed E-state index contributed by atoms with van der Waals surface area (Å²) >= 11 is 1.76. The van der Waals surface area contributed by atoms with Crippen molar-refractivity contribution >= 4 is 17.0 Å². The van der Waals surface area contributed by atoms with Gasteiger partial charge in [0.1, 0.15) is 5.75 Å². The van der Waals surface area contributed by atoms with Crippen LogP contribution in [0.1, 0.15) is 10.4 Å². The standard InChI is InChI=1S/C13H15NOS/c1-10-4-2-6-12(14)13(10)15-8-7-11-5-3-9-16-11/h2-6,9H,7-8,14H2,1H3. The summed E-state index contributed by atoms with van der Waals surface area (Å²) in [4.78, 5) is 1.34. The highest BCUT2D eigenvalue weighted by molar-refractivity contribution is 7.09. The average molecular weight is 233 g/mol.